The lowest BCUT2D eigenvalue weighted by atomic mass is 10.1. The summed E-state index contributed by atoms with van der Waals surface area (Å²) in [6.07, 6.45) is 0. The Balaban J connectivity index is 1.50. The maximum Gasteiger partial charge on any atom is 0.277 e. The highest BCUT2D eigenvalue weighted by Gasteiger charge is 2.12. The van der Waals surface area contributed by atoms with Crippen molar-refractivity contribution in [1.82, 2.24) is 21.0 Å². The van der Waals surface area contributed by atoms with Crippen LogP contribution in [-0.2, 0) is 4.79 Å². The Bertz CT molecular complexity index is 957. The van der Waals surface area contributed by atoms with E-state index in [1.165, 1.54) is 5.56 Å². The van der Waals surface area contributed by atoms with Gasteiger partial charge in [0.05, 0.1) is 5.75 Å². The Kier molecular flexibility index (Phi) is 5.87. The lowest BCUT2D eigenvalue weighted by Gasteiger charge is -2.06. The number of nitrogens with one attached hydrogen (secondary N) is 2. The van der Waals surface area contributed by atoms with Crippen LogP contribution < -0.4 is 10.9 Å². The van der Waals surface area contributed by atoms with Crippen LogP contribution in [0.15, 0.2) is 58.2 Å². The van der Waals surface area contributed by atoms with Crippen LogP contribution in [0.2, 0.25) is 0 Å². The van der Waals surface area contributed by atoms with Crippen molar-refractivity contribution in [2.45, 2.75) is 19.1 Å². The summed E-state index contributed by atoms with van der Waals surface area (Å²) in [5.41, 5.74) is 8.32. The summed E-state index contributed by atoms with van der Waals surface area (Å²) in [5.74, 6) is -0.332. The molecule has 27 heavy (non-hydrogen) atoms. The van der Waals surface area contributed by atoms with Gasteiger partial charge in [-0.1, -0.05) is 36.0 Å². The number of amides is 2. The van der Waals surface area contributed by atoms with Crippen molar-refractivity contribution in [1.29, 1.82) is 0 Å². The maximum atomic E-state index is 11.9. The van der Waals surface area contributed by atoms with Crippen molar-refractivity contribution < 1.29 is 14.0 Å². The molecular weight excluding hydrogens is 364 g/mol. The van der Waals surface area contributed by atoms with Crippen molar-refractivity contribution in [2.24, 2.45) is 0 Å². The predicted molar refractivity (Wildman–Crippen MR) is 102 cm³/mol. The number of aromatic nitrogens is 2. The van der Waals surface area contributed by atoms with Crippen LogP contribution in [-0.4, -0.2) is 27.8 Å². The van der Waals surface area contributed by atoms with E-state index < -0.39 is 0 Å². The number of hydrazine groups is 1. The average Bonchev–Trinajstić information content (AvgIpc) is 3.16. The highest BCUT2D eigenvalue weighted by molar-refractivity contribution is 7.99. The number of thioether (sulfide) groups is 1. The third kappa shape index (κ3) is 4.95. The fourth-order valence-electron chi connectivity index (χ4n) is 2.21. The van der Waals surface area contributed by atoms with Gasteiger partial charge < -0.3 is 4.42 Å². The first-order valence-corrected chi connectivity index (χ1v) is 9.19. The number of rotatable bonds is 5. The summed E-state index contributed by atoms with van der Waals surface area (Å²) in [5, 5.41) is 8.23. The van der Waals surface area contributed by atoms with E-state index in [1.54, 1.807) is 24.3 Å². The molecule has 0 fully saturated rings. The third-order valence-corrected chi connectivity index (χ3v) is 4.66. The second kappa shape index (κ2) is 8.50. The predicted octanol–water partition coefficient (Wildman–Crippen LogP) is 2.91. The molecule has 0 radical (unpaired) electrons. The molecule has 0 spiro atoms. The molecule has 3 aromatic rings. The van der Waals surface area contributed by atoms with E-state index in [1.807, 2.05) is 38.1 Å². The molecule has 0 saturated heterocycles. The molecule has 0 saturated carbocycles. The van der Waals surface area contributed by atoms with Crippen molar-refractivity contribution in [3.63, 3.8) is 0 Å². The maximum absolute atomic E-state index is 11.9. The SMILES string of the molecule is Cc1ccc(-c2nnc(SCC(=O)NNC(=O)c3ccccc3)o2)cc1C. The number of hydrogen-bond donors (Lipinski definition) is 2. The molecule has 7 nitrogen and oxygen atoms in total. The van der Waals surface area contributed by atoms with Crippen LogP contribution in [0.1, 0.15) is 21.5 Å². The molecule has 2 amide bonds. The fourth-order valence-corrected chi connectivity index (χ4v) is 2.77. The van der Waals surface area contributed by atoms with E-state index in [-0.39, 0.29) is 22.8 Å². The zero-order chi connectivity index (χ0) is 19.2. The zero-order valence-electron chi connectivity index (χ0n) is 14.9. The molecule has 0 atom stereocenters. The first-order chi connectivity index (χ1) is 13.0. The summed E-state index contributed by atoms with van der Waals surface area (Å²) in [4.78, 5) is 23.7. The highest BCUT2D eigenvalue weighted by Crippen LogP contribution is 2.24. The number of carbonyl (C=O) groups is 2. The van der Waals surface area contributed by atoms with Crippen LogP contribution in [0.5, 0.6) is 0 Å². The number of nitrogens with zero attached hydrogens (tertiary/aromatic N) is 2. The third-order valence-electron chi connectivity index (χ3n) is 3.84. The van der Waals surface area contributed by atoms with Gasteiger partial charge in [-0.15, -0.1) is 10.2 Å². The monoisotopic (exact) mass is 382 g/mol. The summed E-state index contributed by atoms with van der Waals surface area (Å²) in [7, 11) is 0. The summed E-state index contributed by atoms with van der Waals surface area (Å²) in [6, 6.07) is 14.5. The van der Waals surface area contributed by atoms with E-state index in [0.29, 0.717) is 11.5 Å². The Morgan fingerprint density at radius 1 is 1.00 bits per heavy atom. The van der Waals surface area contributed by atoms with Gasteiger partial charge in [-0.05, 0) is 49.2 Å². The van der Waals surface area contributed by atoms with Crippen LogP contribution in [0.4, 0.5) is 0 Å². The van der Waals surface area contributed by atoms with Gasteiger partial charge in [0.1, 0.15) is 0 Å². The Morgan fingerprint density at radius 3 is 2.52 bits per heavy atom. The van der Waals surface area contributed by atoms with Crippen molar-refractivity contribution in [3.05, 3.63) is 65.2 Å². The first kappa shape index (κ1) is 18.7. The number of aryl methyl sites for hydroxylation is 2. The molecule has 2 N–H and O–H groups in total. The van der Waals surface area contributed by atoms with Crippen LogP contribution >= 0.6 is 11.8 Å². The number of benzene rings is 2. The van der Waals surface area contributed by atoms with Gasteiger partial charge in [-0.3, -0.25) is 20.4 Å². The smallest absolute Gasteiger partial charge is 0.277 e. The Hall–Kier alpha value is -3.13. The molecule has 1 aromatic heterocycles. The standard InChI is InChI=1S/C19H18N4O3S/c1-12-8-9-15(10-13(12)2)18-22-23-19(26-18)27-11-16(24)20-21-17(25)14-6-4-3-5-7-14/h3-10H,11H2,1-2H3,(H,20,24)(H,21,25). The van der Waals surface area contributed by atoms with Gasteiger partial charge in [0.15, 0.2) is 0 Å². The van der Waals surface area contributed by atoms with E-state index >= 15 is 0 Å². The van der Waals surface area contributed by atoms with Crippen molar-refractivity contribution in [2.75, 3.05) is 5.75 Å². The minimum Gasteiger partial charge on any atom is -0.411 e. The van der Waals surface area contributed by atoms with E-state index in [4.69, 9.17) is 4.42 Å². The lowest BCUT2D eigenvalue weighted by Crippen LogP contribution is -2.42. The topological polar surface area (TPSA) is 97.1 Å². The van der Waals surface area contributed by atoms with Gasteiger partial charge in [0, 0.05) is 11.1 Å². The van der Waals surface area contributed by atoms with Crippen molar-refractivity contribution in [3.8, 4) is 11.5 Å². The minimum absolute atomic E-state index is 0.0314. The molecule has 138 valence electrons. The largest absolute Gasteiger partial charge is 0.411 e. The Labute approximate surface area is 160 Å². The van der Waals surface area contributed by atoms with E-state index in [0.717, 1.165) is 22.9 Å². The number of hydrogen-bond acceptors (Lipinski definition) is 6. The molecular formula is C19H18N4O3S. The Morgan fingerprint density at radius 2 is 1.78 bits per heavy atom. The van der Waals surface area contributed by atoms with Crippen LogP contribution in [0.3, 0.4) is 0 Å². The normalized spacial score (nSPS) is 10.4. The summed E-state index contributed by atoms with van der Waals surface area (Å²) < 4.78 is 5.58. The van der Waals surface area contributed by atoms with Crippen molar-refractivity contribution >= 4 is 23.6 Å². The van der Waals surface area contributed by atoms with Crippen LogP contribution in [0.25, 0.3) is 11.5 Å². The molecule has 0 aliphatic heterocycles. The number of carbonyl (C=O) groups excluding carboxylic acids is 2. The molecule has 8 heteroatoms. The van der Waals surface area contributed by atoms with Gasteiger partial charge >= 0.3 is 0 Å². The van der Waals surface area contributed by atoms with Gasteiger partial charge in [-0.2, -0.15) is 0 Å². The first-order valence-electron chi connectivity index (χ1n) is 8.21. The summed E-state index contributed by atoms with van der Waals surface area (Å²) in [6.45, 7) is 4.04. The second-order valence-corrected chi connectivity index (χ2v) is 6.76. The minimum atomic E-state index is -0.385. The quantitative estimate of drug-likeness (QED) is 0.520. The molecule has 1 heterocycles. The molecule has 0 bridgehead atoms. The lowest BCUT2D eigenvalue weighted by molar-refractivity contribution is -0.119. The highest BCUT2D eigenvalue weighted by atomic mass is 32.2. The molecule has 0 unspecified atom stereocenters. The van der Waals surface area contributed by atoms with Gasteiger partial charge in [0.2, 0.25) is 11.8 Å². The molecule has 0 aliphatic rings. The molecule has 0 aliphatic carbocycles. The van der Waals surface area contributed by atoms with E-state index in [9.17, 15) is 9.59 Å². The fraction of sp³-hybridized carbons (Fsp3) is 0.158. The average molecular weight is 382 g/mol. The summed E-state index contributed by atoms with van der Waals surface area (Å²) >= 11 is 1.10. The van der Waals surface area contributed by atoms with Gasteiger partial charge in [0.25, 0.3) is 11.1 Å². The van der Waals surface area contributed by atoms with E-state index in [2.05, 4.69) is 21.0 Å². The van der Waals surface area contributed by atoms with Crippen LogP contribution in [0, 0.1) is 13.8 Å². The van der Waals surface area contributed by atoms with Gasteiger partial charge in [-0.25, -0.2) is 0 Å². The zero-order valence-corrected chi connectivity index (χ0v) is 15.7. The molecule has 2 aromatic carbocycles. The molecule has 3 rings (SSSR count). The second-order valence-electron chi connectivity index (χ2n) is 5.83.